The van der Waals surface area contributed by atoms with Crippen LogP contribution in [0, 0.1) is 5.92 Å². The van der Waals surface area contributed by atoms with E-state index in [9.17, 15) is 14.7 Å². The standard InChI is InChI=1S/C17H26N6O4/c1-5-11(24)22(6-2)7-10-9(3)27-16(13(10)25)23-8-21(4)12-14(23)19-17(18)20-15(12)26/h8-10,13,16,25H,5-7H2,1-4H3,(H2-,18,19,20,26)/p+1/t9-,10-,13-,16-/m1/s1. The van der Waals surface area contributed by atoms with Gasteiger partial charge in [0.05, 0.1) is 13.2 Å². The maximum absolute atomic E-state index is 12.2. The van der Waals surface area contributed by atoms with Crippen molar-refractivity contribution in [2.75, 3.05) is 18.8 Å². The molecule has 1 fully saturated rings. The average Bonchev–Trinajstić information content (AvgIpc) is 3.09. The molecule has 0 unspecified atom stereocenters. The molecule has 4 atom stereocenters. The van der Waals surface area contributed by atoms with Crippen molar-refractivity contribution >= 4 is 23.0 Å². The Kier molecular flexibility index (Phi) is 5.20. The van der Waals surface area contributed by atoms with Crippen molar-refractivity contribution in [3.8, 4) is 0 Å². The summed E-state index contributed by atoms with van der Waals surface area (Å²) >= 11 is 0. The maximum Gasteiger partial charge on any atom is 0.313 e. The number of hydrogen-bond acceptors (Lipinski definition) is 6. The van der Waals surface area contributed by atoms with E-state index in [4.69, 9.17) is 10.5 Å². The van der Waals surface area contributed by atoms with Crippen molar-refractivity contribution in [1.82, 2.24) is 19.4 Å². The molecule has 1 aliphatic heterocycles. The zero-order valence-corrected chi connectivity index (χ0v) is 16.0. The number of aromatic nitrogens is 4. The minimum atomic E-state index is -0.864. The number of nitrogen functional groups attached to an aromatic ring is 1. The van der Waals surface area contributed by atoms with Crippen LogP contribution in [0.4, 0.5) is 5.95 Å². The topological polar surface area (TPSA) is 130 Å². The Morgan fingerprint density at radius 3 is 2.85 bits per heavy atom. The summed E-state index contributed by atoms with van der Waals surface area (Å²) in [7, 11) is 1.72. The Hall–Kier alpha value is -2.46. The number of aryl methyl sites for hydroxylation is 1. The number of H-pyrrole nitrogens is 1. The summed E-state index contributed by atoms with van der Waals surface area (Å²) in [6, 6.07) is 0. The number of amides is 1. The SMILES string of the molecule is CCC(=O)N(CC)C[C@H]1[C@@H](O)[C@H]([n+]2cn(C)c3c(=O)[nH]c(N)nc32)O[C@@H]1C. The van der Waals surface area contributed by atoms with E-state index in [0.717, 1.165) is 0 Å². The second-order valence-corrected chi connectivity index (χ2v) is 6.93. The molecule has 10 heteroatoms. The van der Waals surface area contributed by atoms with Gasteiger partial charge in [0.25, 0.3) is 11.5 Å². The number of carbonyl (C=O) groups excluding carboxylic acids is 1. The smallest absolute Gasteiger partial charge is 0.313 e. The van der Waals surface area contributed by atoms with E-state index in [2.05, 4.69) is 9.97 Å². The third-order valence-corrected chi connectivity index (χ3v) is 5.22. The number of aliphatic hydroxyl groups is 1. The highest BCUT2D eigenvalue weighted by atomic mass is 16.5. The number of carbonyl (C=O) groups is 1. The van der Waals surface area contributed by atoms with E-state index in [0.29, 0.717) is 30.7 Å². The van der Waals surface area contributed by atoms with Crippen molar-refractivity contribution in [2.45, 2.75) is 45.6 Å². The van der Waals surface area contributed by atoms with Crippen LogP contribution >= 0.6 is 0 Å². The molecule has 0 saturated carbocycles. The van der Waals surface area contributed by atoms with Crippen LogP contribution in [0.1, 0.15) is 33.4 Å². The van der Waals surface area contributed by atoms with Crippen molar-refractivity contribution in [3.63, 3.8) is 0 Å². The van der Waals surface area contributed by atoms with Gasteiger partial charge in [-0.15, -0.1) is 0 Å². The molecule has 1 amide bonds. The molecule has 2 aromatic heterocycles. The van der Waals surface area contributed by atoms with Gasteiger partial charge in [0.2, 0.25) is 17.7 Å². The number of imidazole rings is 1. The van der Waals surface area contributed by atoms with Gasteiger partial charge in [0.1, 0.15) is 6.10 Å². The number of nitrogens with zero attached hydrogens (tertiary/aromatic N) is 4. The van der Waals surface area contributed by atoms with Gasteiger partial charge in [-0.25, -0.2) is 4.57 Å². The summed E-state index contributed by atoms with van der Waals surface area (Å²) in [6.45, 7) is 6.58. The summed E-state index contributed by atoms with van der Waals surface area (Å²) in [5, 5.41) is 10.9. The molecule has 1 saturated heterocycles. The number of nitrogens with one attached hydrogen (secondary N) is 1. The fraction of sp³-hybridized carbons (Fsp3) is 0.647. The highest BCUT2D eigenvalue weighted by Crippen LogP contribution is 2.32. The highest BCUT2D eigenvalue weighted by Gasteiger charge is 2.46. The third kappa shape index (κ3) is 3.30. The van der Waals surface area contributed by atoms with Crippen LogP contribution in [0.3, 0.4) is 0 Å². The molecular formula is C17H27N6O4+. The average molecular weight is 379 g/mol. The van der Waals surface area contributed by atoms with Crippen molar-refractivity contribution in [3.05, 3.63) is 16.7 Å². The predicted octanol–water partition coefficient (Wildman–Crippen LogP) is -0.716. The number of aliphatic hydroxyl groups excluding tert-OH is 1. The first-order chi connectivity index (χ1) is 12.8. The summed E-state index contributed by atoms with van der Waals surface area (Å²) in [5.74, 6) is -0.220. The van der Waals surface area contributed by atoms with E-state index in [1.165, 1.54) is 0 Å². The molecule has 27 heavy (non-hydrogen) atoms. The molecule has 4 N–H and O–H groups in total. The van der Waals surface area contributed by atoms with Gasteiger partial charge in [-0.05, 0) is 13.8 Å². The van der Waals surface area contributed by atoms with Crippen molar-refractivity contribution in [1.29, 1.82) is 0 Å². The molecule has 3 rings (SSSR count). The second-order valence-electron chi connectivity index (χ2n) is 6.93. The Morgan fingerprint density at radius 2 is 2.22 bits per heavy atom. The van der Waals surface area contributed by atoms with Crippen molar-refractivity contribution in [2.24, 2.45) is 13.0 Å². The monoisotopic (exact) mass is 379 g/mol. The van der Waals surface area contributed by atoms with Crippen LogP contribution in [0.2, 0.25) is 0 Å². The highest BCUT2D eigenvalue weighted by molar-refractivity contribution is 5.75. The molecule has 148 valence electrons. The number of ether oxygens (including phenoxy) is 1. The quantitative estimate of drug-likeness (QED) is 0.588. The largest absolute Gasteiger partial charge is 0.386 e. The van der Waals surface area contributed by atoms with Gasteiger partial charge in [-0.2, -0.15) is 0 Å². The van der Waals surface area contributed by atoms with Gasteiger partial charge < -0.3 is 20.5 Å². The van der Waals surface area contributed by atoms with Gasteiger partial charge in [0.15, 0.2) is 6.33 Å². The Bertz CT molecular complexity index is 907. The van der Waals surface area contributed by atoms with E-state index in [1.54, 1.807) is 27.4 Å². The lowest BCUT2D eigenvalue weighted by Gasteiger charge is -2.26. The first kappa shape index (κ1) is 19.3. The van der Waals surface area contributed by atoms with Gasteiger partial charge >= 0.3 is 5.65 Å². The Balaban J connectivity index is 1.94. The molecule has 0 radical (unpaired) electrons. The van der Waals surface area contributed by atoms with E-state index in [-0.39, 0.29) is 29.4 Å². The first-order valence-corrected chi connectivity index (χ1v) is 9.15. The Labute approximate surface area is 156 Å². The van der Waals surface area contributed by atoms with Crippen LogP contribution in [0.5, 0.6) is 0 Å². The molecule has 0 aromatic carbocycles. The van der Waals surface area contributed by atoms with Crippen LogP contribution in [-0.2, 0) is 16.6 Å². The van der Waals surface area contributed by atoms with E-state index in [1.807, 2.05) is 20.8 Å². The lowest BCUT2D eigenvalue weighted by Crippen LogP contribution is -2.47. The summed E-state index contributed by atoms with van der Waals surface area (Å²) < 4.78 is 9.24. The first-order valence-electron chi connectivity index (χ1n) is 9.15. The molecule has 2 aromatic rings. The zero-order valence-electron chi connectivity index (χ0n) is 16.0. The fourth-order valence-electron chi connectivity index (χ4n) is 3.72. The maximum atomic E-state index is 12.2. The van der Waals surface area contributed by atoms with Gasteiger partial charge in [-0.1, -0.05) is 11.9 Å². The van der Waals surface area contributed by atoms with E-state index < -0.39 is 12.3 Å². The van der Waals surface area contributed by atoms with Gasteiger partial charge in [-0.3, -0.25) is 19.1 Å². The number of hydrogen-bond donors (Lipinski definition) is 3. The molecule has 0 bridgehead atoms. The minimum absolute atomic E-state index is 0.00441. The predicted molar refractivity (Wildman–Crippen MR) is 97.6 cm³/mol. The number of fused-ring (bicyclic) bond motifs is 1. The normalized spacial score (nSPS) is 25.2. The molecular weight excluding hydrogens is 352 g/mol. The van der Waals surface area contributed by atoms with Crippen LogP contribution in [-0.4, -0.2) is 55.7 Å². The molecule has 10 nitrogen and oxygen atoms in total. The summed E-state index contributed by atoms with van der Waals surface area (Å²) in [5.41, 5.74) is 6.01. The summed E-state index contributed by atoms with van der Waals surface area (Å²) in [6.07, 6.45) is 0.212. The number of anilines is 1. The number of aromatic amines is 1. The number of nitrogens with two attached hydrogens (primary N) is 1. The van der Waals surface area contributed by atoms with Gasteiger partial charge in [0, 0.05) is 25.4 Å². The summed E-state index contributed by atoms with van der Waals surface area (Å²) in [4.78, 5) is 32.7. The third-order valence-electron chi connectivity index (χ3n) is 5.22. The number of rotatable bonds is 5. The molecule has 3 heterocycles. The van der Waals surface area contributed by atoms with Crippen molar-refractivity contribution < 1.29 is 19.2 Å². The van der Waals surface area contributed by atoms with E-state index >= 15 is 0 Å². The van der Waals surface area contributed by atoms with Crippen LogP contribution in [0.25, 0.3) is 11.2 Å². The lowest BCUT2D eigenvalue weighted by atomic mass is 9.98. The lowest BCUT2D eigenvalue weighted by molar-refractivity contribution is -0.745. The van der Waals surface area contributed by atoms with Crippen LogP contribution < -0.4 is 15.9 Å². The molecule has 1 aliphatic rings. The molecule has 0 aliphatic carbocycles. The zero-order chi connectivity index (χ0) is 19.9. The minimum Gasteiger partial charge on any atom is -0.386 e. The fourth-order valence-corrected chi connectivity index (χ4v) is 3.72. The van der Waals surface area contributed by atoms with Crippen LogP contribution in [0.15, 0.2) is 11.1 Å². The molecule has 0 spiro atoms. The Morgan fingerprint density at radius 1 is 1.52 bits per heavy atom. The second kappa shape index (κ2) is 7.28.